The Labute approximate surface area is 134 Å². The van der Waals surface area contributed by atoms with Crippen molar-refractivity contribution in [3.63, 3.8) is 0 Å². The Morgan fingerprint density at radius 3 is 2.36 bits per heavy atom. The highest BCUT2D eigenvalue weighted by Gasteiger charge is 2.46. The lowest BCUT2D eigenvalue weighted by atomic mass is 9.78. The highest BCUT2D eigenvalue weighted by molar-refractivity contribution is 6.31. The quantitative estimate of drug-likeness (QED) is 0.691. The summed E-state index contributed by atoms with van der Waals surface area (Å²) in [7, 11) is 0. The van der Waals surface area contributed by atoms with Crippen molar-refractivity contribution in [3.05, 3.63) is 34.3 Å². The Bertz CT molecular complexity index is 558. The second kappa shape index (κ2) is 6.15. The van der Waals surface area contributed by atoms with Crippen LogP contribution in [0.1, 0.15) is 64.0 Å². The van der Waals surface area contributed by atoms with Gasteiger partial charge in [0, 0.05) is 10.6 Å². The van der Waals surface area contributed by atoms with Gasteiger partial charge in [-0.05, 0) is 51.3 Å². The van der Waals surface area contributed by atoms with Crippen molar-refractivity contribution in [1.82, 2.24) is 0 Å². The smallest absolute Gasteiger partial charge is 0.317 e. The molecule has 1 aromatic carbocycles. The first-order chi connectivity index (χ1) is 10.2. The van der Waals surface area contributed by atoms with Gasteiger partial charge in [-0.3, -0.25) is 4.79 Å². The molecule has 122 valence electrons. The van der Waals surface area contributed by atoms with Gasteiger partial charge in [0.05, 0.1) is 5.41 Å². The third-order valence-electron chi connectivity index (χ3n) is 4.00. The maximum Gasteiger partial charge on any atom is 0.317 e. The van der Waals surface area contributed by atoms with E-state index in [4.69, 9.17) is 16.3 Å². The number of carbonyl (C=O) groups excluding carboxylic acids is 1. The molecular formula is C17H21ClF2O2. The molecule has 0 unspecified atom stereocenters. The van der Waals surface area contributed by atoms with Gasteiger partial charge in [-0.15, -0.1) is 0 Å². The third-order valence-corrected chi connectivity index (χ3v) is 4.33. The lowest BCUT2D eigenvalue weighted by Crippen LogP contribution is -2.39. The fourth-order valence-electron chi connectivity index (χ4n) is 2.98. The fraction of sp³-hybridized carbons (Fsp3) is 0.588. The molecule has 1 saturated carbocycles. The minimum Gasteiger partial charge on any atom is -0.459 e. The number of ether oxygens (including phenoxy) is 1. The van der Waals surface area contributed by atoms with Crippen LogP contribution in [0.2, 0.25) is 5.02 Å². The molecule has 1 aliphatic rings. The normalized spacial score (nSPS) is 17.8. The van der Waals surface area contributed by atoms with E-state index in [1.165, 1.54) is 18.2 Å². The van der Waals surface area contributed by atoms with Gasteiger partial charge in [-0.25, -0.2) is 8.78 Å². The van der Waals surface area contributed by atoms with Gasteiger partial charge >= 0.3 is 5.97 Å². The average Bonchev–Trinajstić information content (AvgIpc) is 2.87. The van der Waals surface area contributed by atoms with Gasteiger partial charge in [0.2, 0.25) is 0 Å². The number of hydrogen-bond donors (Lipinski definition) is 0. The predicted molar refractivity (Wildman–Crippen MR) is 82.4 cm³/mol. The number of esters is 1. The number of halogens is 3. The first-order valence-electron chi connectivity index (χ1n) is 7.47. The second-order valence-corrected chi connectivity index (χ2v) is 7.24. The standard InChI is InChI=1S/C17H21ClF2O2/c1-16(2,3)22-15(21)17(8-4-5-9-17)12-10-11(14(19)20)6-7-13(12)18/h6-7,10,14H,4-5,8-9H2,1-3H3. The Kier molecular flexibility index (Phi) is 4.81. The Balaban J connectivity index is 2.48. The van der Waals surface area contributed by atoms with Crippen LogP contribution in [-0.2, 0) is 14.9 Å². The zero-order chi connectivity index (χ0) is 16.5. The first-order valence-corrected chi connectivity index (χ1v) is 7.85. The SMILES string of the molecule is CC(C)(C)OC(=O)C1(c2cc(C(F)F)ccc2Cl)CCCC1. The van der Waals surface area contributed by atoms with E-state index in [0.717, 1.165) is 12.8 Å². The van der Waals surface area contributed by atoms with Crippen molar-refractivity contribution in [2.24, 2.45) is 0 Å². The Morgan fingerprint density at radius 2 is 1.86 bits per heavy atom. The Morgan fingerprint density at radius 1 is 1.27 bits per heavy atom. The van der Waals surface area contributed by atoms with Gasteiger partial charge in [0.1, 0.15) is 5.60 Å². The van der Waals surface area contributed by atoms with Crippen molar-refractivity contribution in [3.8, 4) is 0 Å². The molecule has 0 bridgehead atoms. The van der Waals surface area contributed by atoms with Crippen molar-refractivity contribution in [1.29, 1.82) is 0 Å². The van der Waals surface area contributed by atoms with Gasteiger partial charge < -0.3 is 4.74 Å². The summed E-state index contributed by atoms with van der Waals surface area (Å²) in [6.45, 7) is 5.39. The highest BCUT2D eigenvalue weighted by Crippen LogP contribution is 2.46. The summed E-state index contributed by atoms with van der Waals surface area (Å²) in [5.41, 5.74) is -1.18. The van der Waals surface area contributed by atoms with Crippen LogP contribution in [0, 0.1) is 0 Å². The van der Waals surface area contributed by atoms with Crippen LogP contribution < -0.4 is 0 Å². The molecule has 2 nitrogen and oxygen atoms in total. The zero-order valence-corrected chi connectivity index (χ0v) is 13.8. The van der Waals surface area contributed by atoms with Gasteiger partial charge in [0.25, 0.3) is 6.43 Å². The van der Waals surface area contributed by atoms with Crippen molar-refractivity contribution in [2.45, 2.75) is 63.9 Å². The minimum absolute atomic E-state index is 0.116. The van der Waals surface area contributed by atoms with Gasteiger partial charge in [-0.2, -0.15) is 0 Å². The van der Waals surface area contributed by atoms with E-state index in [0.29, 0.717) is 23.4 Å². The monoisotopic (exact) mass is 330 g/mol. The molecule has 5 heteroatoms. The molecule has 0 radical (unpaired) electrons. The highest BCUT2D eigenvalue weighted by atomic mass is 35.5. The van der Waals surface area contributed by atoms with Crippen LogP contribution in [-0.4, -0.2) is 11.6 Å². The van der Waals surface area contributed by atoms with E-state index in [1.54, 1.807) is 20.8 Å². The summed E-state index contributed by atoms with van der Waals surface area (Å²) in [4.78, 5) is 12.7. The van der Waals surface area contributed by atoms with Gasteiger partial charge in [-0.1, -0.05) is 30.5 Å². The summed E-state index contributed by atoms with van der Waals surface area (Å²) in [6.07, 6.45) is 0.277. The molecule has 0 saturated heterocycles. The third kappa shape index (κ3) is 3.43. The molecule has 22 heavy (non-hydrogen) atoms. The van der Waals surface area contributed by atoms with E-state index < -0.39 is 17.4 Å². The average molecular weight is 331 g/mol. The van der Waals surface area contributed by atoms with Gasteiger partial charge in [0.15, 0.2) is 0 Å². The summed E-state index contributed by atoms with van der Waals surface area (Å²) in [6, 6.07) is 4.11. The Hall–Kier alpha value is -1.16. The fourth-order valence-corrected chi connectivity index (χ4v) is 3.28. The van der Waals surface area contributed by atoms with E-state index >= 15 is 0 Å². The molecule has 0 atom stereocenters. The molecule has 2 rings (SSSR count). The molecule has 1 aromatic rings. The molecule has 1 fully saturated rings. The zero-order valence-electron chi connectivity index (χ0n) is 13.1. The van der Waals surface area contributed by atoms with Crippen LogP contribution in [0.5, 0.6) is 0 Å². The molecule has 0 spiro atoms. The van der Waals surface area contributed by atoms with Crippen molar-refractivity contribution >= 4 is 17.6 Å². The summed E-state index contributed by atoms with van der Waals surface area (Å²) in [5, 5.41) is 0.345. The predicted octanol–water partition coefficient (Wildman–Crippen LogP) is 5.43. The molecule has 1 aliphatic carbocycles. The van der Waals surface area contributed by atoms with E-state index in [9.17, 15) is 13.6 Å². The van der Waals surface area contributed by atoms with E-state index in [-0.39, 0.29) is 11.5 Å². The number of alkyl halides is 2. The lowest BCUT2D eigenvalue weighted by Gasteiger charge is -2.32. The van der Waals surface area contributed by atoms with E-state index in [2.05, 4.69) is 0 Å². The van der Waals surface area contributed by atoms with Crippen LogP contribution in [0.25, 0.3) is 0 Å². The molecule has 0 amide bonds. The largest absolute Gasteiger partial charge is 0.459 e. The van der Waals surface area contributed by atoms with E-state index in [1.807, 2.05) is 0 Å². The minimum atomic E-state index is -2.59. The molecular weight excluding hydrogens is 310 g/mol. The van der Waals surface area contributed by atoms with Crippen LogP contribution in [0.3, 0.4) is 0 Å². The lowest BCUT2D eigenvalue weighted by molar-refractivity contribution is -0.162. The van der Waals surface area contributed by atoms with Crippen LogP contribution >= 0.6 is 11.6 Å². The molecule has 0 heterocycles. The number of benzene rings is 1. The first kappa shape index (κ1) is 17.2. The number of carbonyl (C=O) groups is 1. The topological polar surface area (TPSA) is 26.3 Å². The summed E-state index contributed by atoms with van der Waals surface area (Å²) >= 11 is 6.23. The van der Waals surface area contributed by atoms with Crippen LogP contribution in [0.4, 0.5) is 8.78 Å². The van der Waals surface area contributed by atoms with Crippen LogP contribution in [0.15, 0.2) is 18.2 Å². The molecule has 0 N–H and O–H groups in total. The number of hydrogen-bond acceptors (Lipinski definition) is 2. The number of rotatable bonds is 3. The summed E-state index contributed by atoms with van der Waals surface area (Å²) in [5.74, 6) is -0.370. The maximum atomic E-state index is 13.0. The van der Waals surface area contributed by atoms with Crippen molar-refractivity contribution in [2.75, 3.05) is 0 Å². The molecule has 0 aromatic heterocycles. The molecule has 0 aliphatic heterocycles. The second-order valence-electron chi connectivity index (χ2n) is 6.83. The summed E-state index contributed by atoms with van der Waals surface area (Å²) < 4.78 is 31.6. The van der Waals surface area contributed by atoms with Crippen molar-refractivity contribution < 1.29 is 18.3 Å². The maximum absolute atomic E-state index is 13.0.